The quantitative estimate of drug-likeness (QED) is 0.0618. The van der Waals surface area contributed by atoms with Gasteiger partial charge in [-0.15, -0.1) is 0 Å². The van der Waals surface area contributed by atoms with Crippen molar-refractivity contribution >= 4 is 52.7 Å². The second kappa shape index (κ2) is 55.2. The van der Waals surface area contributed by atoms with Crippen molar-refractivity contribution in [1.29, 1.82) is 32.5 Å². The Morgan fingerprint density at radius 3 is 0.880 bits per heavy atom. The number of primary amides is 1. The molecule has 550 valence electrons. The number of amides is 3. The first-order valence-electron chi connectivity index (χ1n) is 32.7. The van der Waals surface area contributed by atoms with E-state index in [2.05, 4.69) is 63.2 Å². The van der Waals surface area contributed by atoms with Gasteiger partial charge in [-0.2, -0.15) is 0 Å². The highest BCUT2D eigenvalue weighted by Gasteiger charge is 2.29. The monoisotopic (exact) mass is 1310 g/mol. The molecule has 5 rings (SSSR count). The molecule has 8 N–H and O–H groups in total. The average Bonchev–Trinajstić information content (AvgIpc) is 1.72. The Morgan fingerprint density at radius 1 is 0.424 bits per heavy atom. The molecule has 0 aromatic carbocycles. The summed E-state index contributed by atoms with van der Waals surface area (Å²) >= 11 is 0. The van der Waals surface area contributed by atoms with E-state index in [0.717, 1.165) is 102 Å². The number of nitrogens with two attached hydrogens (primary N) is 1. The largest absolute Gasteiger partial charge is 0.383 e. The molecule has 0 aromatic rings. The molecule has 0 spiro atoms. The van der Waals surface area contributed by atoms with E-state index in [9.17, 15) is 14.4 Å². The van der Waals surface area contributed by atoms with Gasteiger partial charge in [0, 0.05) is 166 Å². The maximum absolute atomic E-state index is 11.6. The highest BCUT2D eigenvalue weighted by molar-refractivity contribution is 5.84. The Labute approximate surface area is 572 Å². The highest BCUT2D eigenvalue weighted by atomic mass is 16.5. The summed E-state index contributed by atoms with van der Waals surface area (Å²) in [6.07, 6.45) is 14.1. The van der Waals surface area contributed by atoms with E-state index in [1.54, 1.807) is 27.9 Å². The summed E-state index contributed by atoms with van der Waals surface area (Å²) in [7, 11) is 9.32. The van der Waals surface area contributed by atoms with Gasteiger partial charge >= 0.3 is 0 Å². The van der Waals surface area contributed by atoms with E-state index in [-0.39, 0.29) is 65.2 Å². The lowest BCUT2D eigenvalue weighted by Gasteiger charge is -2.34. The van der Waals surface area contributed by atoms with Gasteiger partial charge in [-0.25, -0.2) is 0 Å². The summed E-state index contributed by atoms with van der Waals surface area (Å²) < 4.78 is 4.90. The Kier molecular flexibility index (Phi) is 63.5. The smallest absolute Gasteiger partial charge is 0.228 e. The van der Waals surface area contributed by atoms with Crippen LogP contribution in [0.1, 0.15) is 241 Å². The number of nitrogens with zero attached hydrogens (tertiary/aromatic N) is 8. The first kappa shape index (κ1) is 106. The maximum Gasteiger partial charge on any atom is 0.228 e. The number of hydrogen-bond acceptors (Lipinski definition) is 10. The maximum atomic E-state index is 11.6. The van der Waals surface area contributed by atoms with Crippen molar-refractivity contribution in [3.05, 3.63) is 12.2 Å². The zero-order valence-corrected chi connectivity index (χ0v) is 61.3. The van der Waals surface area contributed by atoms with Crippen LogP contribution < -0.4 is 5.73 Å². The molecule has 0 saturated carbocycles. The summed E-state index contributed by atoms with van der Waals surface area (Å²) in [5, 5.41) is 45.4. The van der Waals surface area contributed by atoms with Crippen LogP contribution in [0.25, 0.3) is 0 Å². The zero-order valence-electron chi connectivity index (χ0n) is 61.3. The summed E-state index contributed by atoms with van der Waals surface area (Å²) in [5.74, 6) is 7.02. The molecular weight excluding hydrogens is 1150 g/mol. The van der Waals surface area contributed by atoms with Crippen LogP contribution in [0, 0.1) is 84.2 Å². The Bertz CT molecular complexity index is 1930. The van der Waals surface area contributed by atoms with Crippen molar-refractivity contribution in [2.75, 3.05) is 120 Å². The lowest BCUT2D eigenvalue weighted by atomic mass is 9.95. The third kappa shape index (κ3) is 49.5. The number of carbonyl (C=O) groups excluding carboxylic acids is 3. The number of nitrogens with one attached hydrogen (secondary N) is 6. The molecule has 0 aliphatic carbocycles. The van der Waals surface area contributed by atoms with E-state index in [1.165, 1.54) is 51.4 Å². The Morgan fingerprint density at radius 2 is 0.685 bits per heavy atom. The Balaban J connectivity index is -0.000000120. The van der Waals surface area contributed by atoms with Gasteiger partial charge in [0.15, 0.2) is 0 Å². The average molecular weight is 1310 g/mol. The van der Waals surface area contributed by atoms with Gasteiger partial charge in [-0.05, 0) is 58.3 Å². The molecule has 0 atom stereocenters. The predicted molar refractivity (Wildman–Crippen MR) is 407 cm³/mol. The molecule has 19 nitrogen and oxygen atoms in total. The molecule has 92 heavy (non-hydrogen) atoms. The number of piperidine rings is 1. The van der Waals surface area contributed by atoms with Gasteiger partial charge in [0.25, 0.3) is 0 Å². The van der Waals surface area contributed by atoms with Crippen molar-refractivity contribution in [1.82, 2.24) is 39.2 Å². The van der Waals surface area contributed by atoms with Gasteiger partial charge in [-0.3, -0.25) is 46.8 Å². The number of hydrogen-bond donors (Lipinski definition) is 7. The lowest BCUT2D eigenvalue weighted by molar-refractivity contribution is -0.138. The van der Waals surface area contributed by atoms with E-state index >= 15 is 0 Å². The molecule has 4 saturated heterocycles. The van der Waals surface area contributed by atoms with Crippen molar-refractivity contribution in [2.24, 2.45) is 57.5 Å². The standard InChI is InChI=1S/C9H18N2.C9H17NO.C9H15NO.C8H18N2O.C8H16N2.C7H14N2.C7H16N2.C6H14N2.C5H11NO.5CH4/c1-8(2)9(10)11-6-4-3-5-7-11;2*1-9(2,3)8(11)10-6-4-5-7-10;1-7(2)8(9)10(3)5-6-11-4;1-7(2)8(9)10-5-3-4-6-10;1-6(2)7(8)9-4-3-5-9;1-5-9(4)7(8)6(2)3;1-5(2)6(7)8(3)4;1-5(2,3)4(6)7;;;;;/h8,10H,3-7H2,1-2H3;4-7H2,1-3H3;4-5H,6-7H2,1-3H3;7,9H,5-6H2,1-4H3;7,9H,3-6H2,1-2H3;6,8H,3-5H2,1-2H3;6,8H,5H2,1-4H3;5,7H,1-4H3;1-3H3,(H2,6,7);5*1H4. The number of likely N-dealkylation sites (N-methyl/N-ethyl adjacent to an activating group) is 1. The van der Waals surface area contributed by atoms with Crippen LogP contribution in [0.4, 0.5) is 0 Å². The van der Waals surface area contributed by atoms with Crippen LogP contribution in [0.3, 0.4) is 0 Å². The fraction of sp³-hybridized carbons (Fsp3) is 0.849. The summed E-state index contributed by atoms with van der Waals surface area (Å²) in [6.45, 7) is 56.4. The first-order chi connectivity index (χ1) is 39.9. The van der Waals surface area contributed by atoms with Crippen LogP contribution in [-0.2, 0) is 19.1 Å². The SMILES string of the molecule is C.C.C.C.C.CC(C)(C)C(=O)N1CC=CC1.CC(C)(C)C(=O)N1CCCC1.CC(C)(C)C(N)=O.CC(C)C(=N)N(C)C.CC(C)C(=N)N1CCC1.CC(C)C(=N)N1CCCC1.CC(C)C(=N)N1CCCCC1.CCN(C)C(=N)C(C)C.COCCN(C)C(=N)C(C)C. The van der Waals surface area contributed by atoms with Gasteiger partial charge in [0.1, 0.15) is 0 Å². The predicted octanol–water partition coefficient (Wildman–Crippen LogP) is 15.9. The Hall–Kier alpha value is -5.07. The summed E-state index contributed by atoms with van der Waals surface area (Å²) in [5.41, 5.74) is 4.15. The molecule has 4 fully saturated rings. The van der Waals surface area contributed by atoms with Crippen molar-refractivity contribution in [3.8, 4) is 0 Å². The molecule has 19 heteroatoms. The van der Waals surface area contributed by atoms with Crippen LogP contribution in [0.15, 0.2) is 12.2 Å². The fourth-order valence-corrected chi connectivity index (χ4v) is 8.18. The first-order valence-corrected chi connectivity index (χ1v) is 32.7. The van der Waals surface area contributed by atoms with Crippen LogP contribution >= 0.6 is 0 Å². The molecule has 0 bridgehead atoms. The number of methoxy groups -OCH3 is 1. The van der Waals surface area contributed by atoms with Gasteiger partial charge in [0.2, 0.25) is 17.7 Å². The highest BCUT2D eigenvalue weighted by Crippen LogP contribution is 2.21. The normalized spacial score (nSPS) is 14.3. The lowest BCUT2D eigenvalue weighted by Crippen LogP contribution is -2.43. The summed E-state index contributed by atoms with van der Waals surface area (Å²) in [6, 6.07) is 0. The van der Waals surface area contributed by atoms with E-state index in [0.29, 0.717) is 59.7 Å². The van der Waals surface area contributed by atoms with Crippen LogP contribution in [0.2, 0.25) is 0 Å². The van der Waals surface area contributed by atoms with E-state index in [4.69, 9.17) is 42.9 Å². The second-order valence-corrected chi connectivity index (χ2v) is 28.4. The van der Waals surface area contributed by atoms with E-state index < -0.39 is 0 Å². The molecule has 0 radical (unpaired) electrons. The molecule has 5 aliphatic rings. The summed E-state index contributed by atoms with van der Waals surface area (Å²) in [4.78, 5) is 49.4. The number of rotatable bonds is 10. The van der Waals surface area contributed by atoms with Crippen molar-refractivity contribution in [3.63, 3.8) is 0 Å². The minimum Gasteiger partial charge on any atom is -0.383 e. The number of likely N-dealkylation sites (tertiary alicyclic amines) is 4. The molecule has 0 unspecified atom stereocenters. The van der Waals surface area contributed by atoms with Gasteiger partial charge in [0.05, 0.1) is 41.6 Å². The molecule has 5 aliphatic heterocycles. The molecule has 5 heterocycles. The van der Waals surface area contributed by atoms with Crippen LogP contribution in [-0.4, -0.2) is 212 Å². The topological polar surface area (TPSA) is 255 Å². The van der Waals surface area contributed by atoms with E-state index in [1.807, 2.05) is 148 Å². The van der Waals surface area contributed by atoms with Crippen LogP contribution in [0.5, 0.6) is 0 Å². The minimum atomic E-state index is -0.361. The molecular formula is C73H159N15O4. The zero-order chi connectivity index (χ0) is 68.7. The number of carbonyl (C=O) groups is 3. The molecule has 3 amide bonds. The van der Waals surface area contributed by atoms with Crippen molar-refractivity contribution < 1.29 is 19.1 Å². The van der Waals surface area contributed by atoms with Gasteiger partial charge in [-0.1, -0.05) is 195 Å². The second-order valence-electron chi connectivity index (χ2n) is 28.4. The van der Waals surface area contributed by atoms with Gasteiger partial charge < -0.3 is 49.7 Å². The minimum absolute atomic E-state index is 0. The third-order valence-electron chi connectivity index (χ3n) is 14.6. The molecule has 0 aromatic heterocycles. The van der Waals surface area contributed by atoms with Crippen molar-refractivity contribution in [2.45, 2.75) is 241 Å². The third-order valence-corrected chi connectivity index (χ3v) is 14.6. The number of amidine groups is 6. The number of ether oxygens (including phenoxy) is 1. The fourth-order valence-electron chi connectivity index (χ4n) is 8.18.